The number of hydrogen-bond acceptors (Lipinski definition) is 4. The zero-order chi connectivity index (χ0) is 16.0. The summed E-state index contributed by atoms with van der Waals surface area (Å²) < 4.78 is 6.01. The SMILES string of the molecule is CC(C)(C)OC(=O)Nc1ccc(Br)c(NCC(O)CCl)c1. The van der Waals surface area contributed by atoms with E-state index in [0.717, 1.165) is 10.2 Å². The number of halogens is 2. The fourth-order valence-corrected chi connectivity index (χ4v) is 1.94. The van der Waals surface area contributed by atoms with Gasteiger partial charge in [-0.05, 0) is 54.9 Å². The van der Waals surface area contributed by atoms with Crippen molar-refractivity contribution in [2.75, 3.05) is 23.1 Å². The van der Waals surface area contributed by atoms with Gasteiger partial charge in [-0.15, -0.1) is 11.6 Å². The number of anilines is 2. The molecule has 0 saturated carbocycles. The molecule has 0 heterocycles. The Morgan fingerprint density at radius 3 is 2.71 bits per heavy atom. The molecule has 3 N–H and O–H groups in total. The van der Waals surface area contributed by atoms with Gasteiger partial charge in [-0.3, -0.25) is 5.32 Å². The van der Waals surface area contributed by atoms with E-state index in [4.69, 9.17) is 16.3 Å². The fourth-order valence-electron chi connectivity index (χ4n) is 1.44. The standard InChI is InChI=1S/C14H20BrClN2O3/c1-14(2,3)21-13(20)18-9-4-5-11(15)12(6-9)17-8-10(19)7-16/h4-6,10,17,19H,7-8H2,1-3H3,(H,18,20). The number of benzene rings is 1. The molecule has 7 heteroatoms. The lowest BCUT2D eigenvalue weighted by Gasteiger charge is -2.20. The number of aliphatic hydroxyl groups is 1. The van der Waals surface area contributed by atoms with E-state index in [1.165, 1.54) is 0 Å². The fraction of sp³-hybridized carbons (Fsp3) is 0.500. The van der Waals surface area contributed by atoms with E-state index >= 15 is 0 Å². The largest absolute Gasteiger partial charge is 0.444 e. The molecule has 1 aromatic carbocycles. The predicted octanol–water partition coefficient (Wildman–Crippen LogP) is 3.81. The summed E-state index contributed by atoms with van der Waals surface area (Å²) in [4.78, 5) is 11.7. The van der Waals surface area contributed by atoms with E-state index in [-0.39, 0.29) is 5.88 Å². The molecule has 0 bridgehead atoms. The molecule has 1 atom stereocenters. The minimum absolute atomic E-state index is 0.153. The highest BCUT2D eigenvalue weighted by Gasteiger charge is 2.16. The molecular formula is C14H20BrClN2O3. The number of carbonyl (C=O) groups excluding carboxylic acids is 1. The Balaban J connectivity index is 2.70. The van der Waals surface area contributed by atoms with Crippen molar-refractivity contribution >= 4 is 45.0 Å². The van der Waals surface area contributed by atoms with Crippen LogP contribution in [0.25, 0.3) is 0 Å². The van der Waals surface area contributed by atoms with Gasteiger partial charge in [0, 0.05) is 16.7 Å². The Bertz CT molecular complexity index is 492. The van der Waals surface area contributed by atoms with Gasteiger partial charge in [0.15, 0.2) is 0 Å². The molecule has 0 aromatic heterocycles. The summed E-state index contributed by atoms with van der Waals surface area (Å²) in [5, 5.41) is 15.2. The molecule has 0 spiro atoms. The van der Waals surface area contributed by atoms with Crippen LogP contribution in [0.5, 0.6) is 0 Å². The van der Waals surface area contributed by atoms with Crippen molar-refractivity contribution in [2.45, 2.75) is 32.5 Å². The maximum atomic E-state index is 11.7. The highest BCUT2D eigenvalue weighted by atomic mass is 79.9. The van der Waals surface area contributed by atoms with Crippen LogP contribution >= 0.6 is 27.5 Å². The van der Waals surface area contributed by atoms with E-state index in [2.05, 4.69) is 26.6 Å². The molecule has 1 unspecified atom stereocenters. The maximum absolute atomic E-state index is 11.7. The number of rotatable bonds is 5. The molecule has 0 aliphatic heterocycles. The molecule has 5 nitrogen and oxygen atoms in total. The van der Waals surface area contributed by atoms with Gasteiger partial charge >= 0.3 is 6.09 Å². The normalized spacial score (nSPS) is 12.7. The molecule has 0 saturated heterocycles. The van der Waals surface area contributed by atoms with Crippen molar-refractivity contribution in [3.8, 4) is 0 Å². The predicted molar refractivity (Wildman–Crippen MR) is 89.2 cm³/mol. The molecule has 0 fully saturated rings. The zero-order valence-corrected chi connectivity index (χ0v) is 14.6. The Morgan fingerprint density at radius 2 is 2.14 bits per heavy atom. The molecule has 1 amide bonds. The van der Waals surface area contributed by atoms with Crippen molar-refractivity contribution in [2.24, 2.45) is 0 Å². The Kier molecular flexibility index (Phi) is 6.77. The van der Waals surface area contributed by atoms with Gasteiger partial charge in [0.2, 0.25) is 0 Å². The quantitative estimate of drug-likeness (QED) is 0.680. The number of carbonyl (C=O) groups is 1. The van der Waals surface area contributed by atoms with Gasteiger partial charge in [-0.2, -0.15) is 0 Å². The lowest BCUT2D eigenvalue weighted by Crippen LogP contribution is -2.27. The van der Waals surface area contributed by atoms with Crippen LogP contribution < -0.4 is 10.6 Å². The van der Waals surface area contributed by atoms with Crippen molar-refractivity contribution in [1.29, 1.82) is 0 Å². The molecule has 1 aromatic rings. The van der Waals surface area contributed by atoms with Crippen molar-refractivity contribution in [3.63, 3.8) is 0 Å². The summed E-state index contributed by atoms with van der Waals surface area (Å²) in [5.74, 6) is 0.153. The first kappa shape index (κ1) is 18.1. The van der Waals surface area contributed by atoms with Crippen molar-refractivity contribution in [1.82, 2.24) is 0 Å². The van der Waals surface area contributed by atoms with Crippen molar-refractivity contribution < 1.29 is 14.6 Å². The van der Waals surface area contributed by atoms with E-state index < -0.39 is 17.8 Å². The van der Waals surface area contributed by atoms with E-state index in [1.807, 2.05) is 0 Å². The number of ether oxygens (including phenoxy) is 1. The summed E-state index contributed by atoms with van der Waals surface area (Å²) in [6.07, 6.45) is -1.15. The average molecular weight is 380 g/mol. The number of hydrogen-bond donors (Lipinski definition) is 3. The van der Waals surface area contributed by atoms with Gasteiger partial charge in [0.1, 0.15) is 5.60 Å². The number of nitrogens with one attached hydrogen (secondary N) is 2. The third-order valence-electron chi connectivity index (χ3n) is 2.32. The summed E-state index contributed by atoms with van der Waals surface area (Å²) >= 11 is 8.94. The number of amides is 1. The first-order valence-corrected chi connectivity index (χ1v) is 7.81. The van der Waals surface area contributed by atoms with E-state index in [0.29, 0.717) is 12.2 Å². The Morgan fingerprint density at radius 1 is 1.48 bits per heavy atom. The van der Waals surface area contributed by atoms with Crippen LogP contribution in [0.15, 0.2) is 22.7 Å². The Labute approximate surface area is 138 Å². The van der Waals surface area contributed by atoms with E-state index in [1.54, 1.807) is 39.0 Å². The summed E-state index contributed by atoms with van der Waals surface area (Å²) in [6, 6.07) is 5.29. The maximum Gasteiger partial charge on any atom is 0.412 e. The molecule has 0 aliphatic rings. The summed E-state index contributed by atoms with van der Waals surface area (Å²) in [6.45, 7) is 5.72. The number of aliphatic hydroxyl groups excluding tert-OH is 1. The van der Waals surface area contributed by atoms with Crippen LogP contribution in [-0.4, -0.2) is 35.3 Å². The molecule has 21 heavy (non-hydrogen) atoms. The van der Waals surface area contributed by atoms with Crippen LogP contribution in [0.3, 0.4) is 0 Å². The first-order valence-electron chi connectivity index (χ1n) is 6.48. The molecule has 0 radical (unpaired) electrons. The molecule has 118 valence electrons. The molecule has 1 rings (SSSR count). The van der Waals surface area contributed by atoms with Gasteiger partial charge in [0.05, 0.1) is 17.7 Å². The summed E-state index contributed by atoms with van der Waals surface area (Å²) in [5.41, 5.74) is 0.786. The molecule has 0 aliphatic carbocycles. The van der Waals surface area contributed by atoms with Crippen molar-refractivity contribution in [3.05, 3.63) is 22.7 Å². The van der Waals surface area contributed by atoms with Crippen LogP contribution in [0, 0.1) is 0 Å². The van der Waals surface area contributed by atoms with Crippen LogP contribution in [0.4, 0.5) is 16.2 Å². The third kappa shape index (κ3) is 7.02. The zero-order valence-electron chi connectivity index (χ0n) is 12.2. The summed E-state index contributed by atoms with van der Waals surface area (Å²) in [7, 11) is 0. The monoisotopic (exact) mass is 378 g/mol. The minimum Gasteiger partial charge on any atom is -0.444 e. The highest BCUT2D eigenvalue weighted by molar-refractivity contribution is 9.10. The van der Waals surface area contributed by atoms with Gasteiger partial charge in [-0.25, -0.2) is 4.79 Å². The molecular weight excluding hydrogens is 360 g/mol. The van der Waals surface area contributed by atoms with Crippen LogP contribution in [-0.2, 0) is 4.74 Å². The number of alkyl halides is 1. The van der Waals surface area contributed by atoms with Crippen LogP contribution in [0.2, 0.25) is 0 Å². The highest BCUT2D eigenvalue weighted by Crippen LogP contribution is 2.26. The smallest absolute Gasteiger partial charge is 0.412 e. The average Bonchev–Trinajstić information content (AvgIpc) is 2.36. The van der Waals surface area contributed by atoms with Gasteiger partial charge in [0.25, 0.3) is 0 Å². The topological polar surface area (TPSA) is 70.6 Å². The Hall–Kier alpha value is -0.980. The second-order valence-corrected chi connectivity index (χ2v) is 6.67. The first-order chi connectivity index (χ1) is 9.71. The lowest BCUT2D eigenvalue weighted by molar-refractivity contribution is 0.0636. The third-order valence-corrected chi connectivity index (χ3v) is 3.37. The minimum atomic E-state index is -0.638. The van der Waals surface area contributed by atoms with Gasteiger partial charge in [-0.1, -0.05) is 0 Å². The van der Waals surface area contributed by atoms with Crippen LogP contribution in [0.1, 0.15) is 20.8 Å². The van der Waals surface area contributed by atoms with E-state index in [9.17, 15) is 9.90 Å². The van der Waals surface area contributed by atoms with Gasteiger partial charge < -0.3 is 15.2 Å². The second kappa shape index (κ2) is 7.87. The lowest BCUT2D eigenvalue weighted by atomic mass is 10.2. The second-order valence-electron chi connectivity index (χ2n) is 5.51.